The Balaban J connectivity index is 2.06. The summed E-state index contributed by atoms with van der Waals surface area (Å²) in [5.74, 6) is -0.649. The number of nitrogens with two attached hydrogens (primary N) is 1. The van der Waals surface area contributed by atoms with E-state index in [2.05, 4.69) is 10.6 Å². The van der Waals surface area contributed by atoms with E-state index in [9.17, 15) is 14.0 Å². The first-order valence-electron chi connectivity index (χ1n) is 6.61. The number of aryl methyl sites for hydroxylation is 1. The molecule has 116 valence electrons. The van der Waals surface area contributed by atoms with Gasteiger partial charge in [0, 0.05) is 10.6 Å². The summed E-state index contributed by atoms with van der Waals surface area (Å²) in [6.45, 7) is 1.71. The van der Waals surface area contributed by atoms with Gasteiger partial charge in [0.25, 0.3) is 0 Å². The van der Waals surface area contributed by atoms with Crippen LogP contribution in [-0.2, 0) is 4.79 Å². The molecule has 1 aromatic carbocycles. The molecule has 1 atom stereocenters. The first-order valence-corrected chi connectivity index (χ1v) is 7.49. The topological polar surface area (TPSA) is 84.2 Å². The Morgan fingerprint density at radius 2 is 2.14 bits per heavy atom. The second-order valence-electron chi connectivity index (χ2n) is 4.79. The van der Waals surface area contributed by atoms with E-state index in [1.807, 2.05) is 17.5 Å². The summed E-state index contributed by atoms with van der Waals surface area (Å²) in [6.07, 6.45) is 0.0419. The molecule has 3 amide bonds. The Bertz CT molecular complexity index is 673. The van der Waals surface area contributed by atoms with Crippen LogP contribution in [0.5, 0.6) is 0 Å². The highest BCUT2D eigenvalue weighted by Crippen LogP contribution is 2.23. The molecule has 0 bridgehead atoms. The van der Waals surface area contributed by atoms with Crippen LogP contribution in [0.3, 0.4) is 0 Å². The third-order valence-electron chi connectivity index (χ3n) is 3.06. The van der Waals surface area contributed by atoms with E-state index >= 15 is 0 Å². The van der Waals surface area contributed by atoms with E-state index in [1.165, 1.54) is 29.5 Å². The van der Waals surface area contributed by atoms with Gasteiger partial charge in [-0.2, -0.15) is 0 Å². The van der Waals surface area contributed by atoms with Crippen LogP contribution in [0.4, 0.5) is 14.9 Å². The first-order chi connectivity index (χ1) is 10.5. The maximum absolute atomic E-state index is 13.1. The minimum atomic E-state index is -0.691. The van der Waals surface area contributed by atoms with Gasteiger partial charge in [0.15, 0.2) is 0 Å². The summed E-state index contributed by atoms with van der Waals surface area (Å²) < 4.78 is 13.1. The molecule has 0 aliphatic carbocycles. The molecule has 2 aromatic rings. The number of thiophene rings is 1. The highest BCUT2D eigenvalue weighted by Gasteiger charge is 2.18. The molecule has 0 saturated carbocycles. The molecule has 0 aliphatic heterocycles. The normalized spacial score (nSPS) is 11.7. The number of carbonyl (C=O) groups is 2. The van der Waals surface area contributed by atoms with Crippen LogP contribution < -0.4 is 16.4 Å². The van der Waals surface area contributed by atoms with Crippen molar-refractivity contribution in [2.75, 3.05) is 5.32 Å². The molecule has 0 radical (unpaired) electrons. The quantitative estimate of drug-likeness (QED) is 0.791. The van der Waals surface area contributed by atoms with Gasteiger partial charge in [-0.15, -0.1) is 11.3 Å². The number of primary amides is 1. The molecule has 4 N–H and O–H groups in total. The van der Waals surface area contributed by atoms with Crippen molar-refractivity contribution in [2.24, 2.45) is 5.73 Å². The van der Waals surface area contributed by atoms with Crippen molar-refractivity contribution < 1.29 is 14.0 Å². The lowest BCUT2D eigenvalue weighted by Gasteiger charge is -2.16. The molecule has 1 aromatic heterocycles. The van der Waals surface area contributed by atoms with Crippen LogP contribution >= 0.6 is 11.3 Å². The zero-order valence-electron chi connectivity index (χ0n) is 11.9. The smallest absolute Gasteiger partial charge is 0.312 e. The van der Waals surface area contributed by atoms with Gasteiger partial charge >= 0.3 is 6.03 Å². The standard InChI is InChI=1S/C15H16FN3O2S/c1-9-7-10(16)4-5-11(9)18-14(20)8-12(19-15(17)21)13-3-2-6-22-13/h2-7,12H,8H2,1H3,(H,18,20)(H3,17,19,21)/t12-/m0/s1. The molecule has 0 fully saturated rings. The highest BCUT2D eigenvalue weighted by atomic mass is 32.1. The molecule has 7 heteroatoms. The number of amides is 3. The van der Waals surface area contributed by atoms with Gasteiger partial charge < -0.3 is 16.4 Å². The first kappa shape index (κ1) is 16.0. The summed E-state index contributed by atoms with van der Waals surface area (Å²) in [5, 5.41) is 7.12. The summed E-state index contributed by atoms with van der Waals surface area (Å²) in [4.78, 5) is 24.1. The van der Waals surface area contributed by atoms with E-state index in [4.69, 9.17) is 5.73 Å². The van der Waals surface area contributed by atoms with Crippen molar-refractivity contribution in [3.8, 4) is 0 Å². The summed E-state index contributed by atoms with van der Waals surface area (Å²) in [6, 6.07) is 6.60. The molecular formula is C15H16FN3O2S. The Labute approximate surface area is 131 Å². The lowest BCUT2D eigenvalue weighted by molar-refractivity contribution is -0.116. The Kier molecular flexibility index (Phi) is 5.11. The van der Waals surface area contributed by atoms with E-state index in [0.29, 0.717) is 11.3 Å². The number of benzene rings is 1. The lowest BCUT2D eigenvalue weighted by atomic mass is 10.1. The number of nitrogens with one attached hydrogen (secondary N) is 2. The maximum Gasteiger partial charge on any atom is 0.312 e. The number of carbonyl (C=O) groups excluding carboxylic acids is 2. The number of anilines is 1. The van der Waals surface area contributed by atoms with E-state index in [1.54, 1.807) is 6.92 Å². The zero-order valence-corrected chi connectivity index (χ0v) is 12.7. The van der Waals surface area contributed by atoms with Crippen LogP contribution in [0.25, 0.3) is 0 Å². The van der Waals surface area contributed by atoms with Gasteiger partial charge in [-0.25, -0.2) is 9.18 Å². The van der Waals surface area contributed by atoms with Crippen molar-refractivity contribution in [1.82, 2.24) is 5.32 Å². The summed E-state index contributed by atoms with van der Waals surface area (Å²) >= 11 is 1.43. The second-order valence-corrected chi connectivity index (χ2v) is 5.77. The van der Waals surface area contributed by atoms with Gasteiger partial charge in [0.1, 0.15) is 5.82 Å². The van der Waals surface area contributed by atoms with Crippen molar-refractivity contribution in [3.05, 3.63) is 52.0 Å². The van der Waals surface area contributed by atoms with Crippen LogP contribution in [0.2, 0.25) is 0 Å². The third-order valence-corrected chi connectivity index (χ3v) is 4.04. The molecule has 5 nitrogen and oxygen atoms in total. The largest absolute Gasteiger partial charge is 0.352 e. The van der Waals surface area contributed by atoms with E-state index in [-0.39, 0.29) is 18.1 Å². The molecule has 0 aliphatic rings. The minimum absolute atomic E-state index is 0.0419. The average Bonchev–Trinajstić information content (AvgIpc) is 2.95. The van der Waals surface area contributed by atoms with Crippen molar-refractivity contribution in [1.29, 1.82) is 0 Å². The van der Waals surface area contributed by atoms with Crippen LogP contribution in [0, 0.1) is 12.7 Å². The maximum atomic E-state index is 13.1. The monoisotopic (exact) mass is 321 g/mol. The molecule has 0 unspecified atom stereocenters. The van der Waals surface area contributed by atoms with Crippen LogP contribution in [0.1, 0.15) is 22.9 Å². The molecular weight excluding hydrogens is 305 g/mol. The van der Waals surface area contributed by atoms with E-state index < -0.39 is 12.1 Å². The zero-order chi connectivity index (χ0) is 16.1. The van der Waals surface area contributed by atoms with Gasteiger partial charge in [-0.1, -0.05) is 6.07 Å². The second kappa shape index (κ2) is 7.04. The molecule has 22 heavy (non-hydrogen) atoms. The Morgan fingerprint density at radius 3 is 2.73 bits per heavy atom. The SMILES string of the molecule is Cc1cc(F)ccc1NC(=O)C[C@H](NC(N)=O)c1cccs1. The fraction of sp³-hybridized carbons (Fsp3) is 0.200. The molecule has 2 rings (SSSR count). The Hall–Kier alpha value is -2.41. The number of rotatable bonds is 5. The van der Waals surface area contributed by atoms with Crippen LogP contribution in [0.15, 0.2) is 35.7 Å². The minimum Gasteiger partial charge on any atom is -0.352 e. The fourth-order valence-electron chi connectivity index (χ4n) is 2.04. The lowest BCUT2D eigenvalue weighted by Crippen LogP contribution is -2.34. The fourth-order valence-corrected chi connectivity index (χ4v) is 2.82. The van der Waals surface area contributed by atoms with Crippen molar-refractivity contribution >= 4 is 29.0 Å². The summed E-state index contributed by atoms with van der Waals surface area (Å²) in [7, 11) is 0. The number of hydrogen-bond acceptors (Lipinski definition) is 3. The van der Waals surface area contributed by atoms with Crippen LogP contribution in [-0.4, -0.2) is 11.9 Å². The van der Waals surface area contributed by atoms with Gasteiger partial charge in [0.2, 0.25) is 5.91 Å². The third kappa shape index (κ3) is 4.29. The molecule has 0 saturated heterocycles. The molecule has 1 heterocycles. The molecule has 0 spiro atoms. The highest BCUT2D eigenvalue weighted by molar-refractivity contribution is 7.10. The number of urea groups is 1. The van der Waals surface area contributed by atoms with Crippen molar-refractivity contribution in [3.63, 3.8) is 0 Å². The predicted molar refractivity (Wildman–Crippen MR) is 84.2 cm³/mol. The van der Waals surface area contributed by atoms with Gasteiger partial charge in [-0.3, -0.25) is 4.79 Å². The Morgan fingerprint density at radius 1 is 1.36 bits per heavy atom. The van der Waals surface area contributed by atoms with Crippen molar-refractivity contribution in [2.45, 2.75) is 19.4 Å². The van der Waals surface area contributed by atoms with E-state index in [0.717, 1.165) is 4.88 Å². The number of halogens is 1. The summed E-state index contributed by atoms with van der Waals surface area (Å²) in [5.41, 5.74) is 6.32. The van der Waals surface area contributed by atoms with Gasteiger partial charge in [-0.05, 0) is 42.1 Å². The number of hydrogen-bond donors (Lipinski definition) is 3. The predicted octanol–water partition coefficient (Wildman–Crippen LogP) is 2.93. The average molecular weight is 321 g/mol. The van der Waals surface area contributed by atoms with Gasteiger partial charge in [0.05, 0.1) is 12.5 Å².